The van der Waals surface area contributed by atoms with Crippen LogP contribution in [0.4, 0.5) is 0 Å². The molecule has 1 aliphatic rings. The Labute approximate surface area is 134 Å². The molecule has 5 nitrogen and oxygen atoms in total. The van der Waals surface area contributed by atoms with Gasteiger partial charge < -0.3 is 9.42 Å². The molecule has 1 saturated heterocycles. The molecule has 118 valence electrons. The monoisotopic (exact) mass is 319 g/mol. The van der Waals surface area contributed by atoms with Crippen molar-refractivity contribution in [3.8, 4) is 0 Å². The van der Waals surface area contributed by atoms with E-state index in [-0.39, 0.29) is 5.91 Å². The maximum absolute atomic E-state index is 12.6. The fourth-order valence-electron chi connectivity index (χ4n) is 2.98. The Morgan fingerprint density at radius 3 is 2.91 bits per heavy atom. The molecule has 1 atom stereocenters. The summed E-state index contributed by atoms with van der Waals surface area (Å²) in [7, 11) is 0. The van der Waals surface area contributed by atoms with Crippen molar-refractivity contribution in [1.82, 2.24) is 15.0 Å². The van der Waals surface area contributed by atoms with Gasteiger partial charge in [-0.1, -0.05) is 5.16 Å². The van der Waals surface area contributed by atoms with Crippen LogP contribution in [0.25, 0.3) is 0 Å². The van der Waals surface area contributed by atoms with Crippen molar-refractivity contribution >= 4 is 17.2 Å². The van der Waals surface area contributed by atoms with Crippen molar-refractivity contribution in [2.75, 3.05) is 13.1 Å². The number of amides is 1. The first-order valence-corrected chi connectivity index (χ1v) is 8.54. The standard InChI is InChI=1S/C16H21N3O2S/c1-10-9-22-16(17-10)13-5-4-6-19(8-13)15(20)7-14-11(2)18-21-12(14)3/h9,13H,4-8H2,1-3H3/t13-/m1/s1. The number of carbonyl (C=O) groups excluding carboxylic acids is 1. The lowest BCUT2D eigenvalue weighted by atomic mass is 9.98. The van der Waals surface area contributed by atoms with Gasteiger partial charge in [-0.15, -0.1) is 11.3 Å². The number of likely N-dealkylation sites (tertiary alicyclic amines) is 1. The number of hydrogen-bond donors (Lipinski definition) is 0. The van der Waals surface area contributed by atoms with E-state index in [1.165, 1.54) is 0 Å². The van der Waals surface area contributed by atoms with E-state index < -0.39 is 0 Å². The van der Waals surface area contributed by atoms with E-state index in [1.54, 1.807) is 11.3 Å². The highest BCUT2D eigenvalue weighted by molar-refractivity contribution is 7.09. The van der Waals surface area contributed by atoms with Gasteiger partial charge in [0.25, 0.3) is 0 Å². The van der Waals surface area contributed by atoms with Gasteiger partial charge in [0.2, 0.25) is 5.91 Å². The molecule has 0 aromatic carbocycles. The van der Waals surface area contributed by atoms with Crippen LogP contribution in [0.1, 0.15) is 46.5 Å². The molecule has 0 bridgehead atoms. The summed E-state index contributed by atoms with van der Waals surface area (Å²) in [5.41, 5.74) is 2.81. The van der Waals surface area contributed by atoms with Crippen molar-refractivity contribution in [3.63, 3.8) is 0 Å². The first-order valence-electron chi connectivity index (χ1n) is 7.66. The van der Waals surface area contributed by atoms with Gasteiger partial charge in [0.05, 0.1) is 17.1 Å². The number of piperidine rings is 1. The summed E-state index contributed by atoms with van der Waals surface area (Å²) in [4.78, 5) is 19.1. The third kappa shape index (κ3) is 3.06. The SMILES string of the molecule is Cc1csc([C@@H]2CCCN(C(=O)Cc3c(C)noc3C)C2)n1. The number of aryl methyl sites for hydroxylation is 3. The van der Waals surface area contributed by atoms with Gasteiger partial charge in [-0.05, 0) is 33.6 Å². The minimum atomic E-state index is 0.160. The molecule has 1 aliphatic heterocycles. The average molecular weight is 319 g/mol. The molecule has 0 N–H and O–H groups in total. The van der Waals surface area contributed by atoms with Crippen LogP contribution in [0.3, 0.4) is 0 Å². The molecular formula is C16H21N3O2S. The summed E-state index contributed by atoms with van der Waals surface area (Å²) in [6, 6.07) is 0. The molecular weight excluding hydrogens is 298 g/mol. The molecule has 0 aliphatic carbocycles. The third-order valence-corrected chi connectivity index (χ3v) is 5.39. The predicted molar refractivity (Wildman–Crippen MR) is 85.1 cm³/mol. The van der Waals surface area contributed by atoms with Gasteiger partial charge in [0.1, 0.15) is 5.76 Å². The minimum absolute atomic E-state index is 0.160. The van der Waals surface area contributed by atoms with Gasteiger partial charge in [-0.3, -0.25) is 4.79 Å². The smallest absolute Gasteiger partial charge is 0.227 e. The summed E-state index contributed by atoms with van der Waals surface area (Å²) >= 11 is 1.71. The van der Waals surface area contributed by atoms with Crippen molar-refractivity contribution < 1.29 is 9.32 Å². The zero-order valence-electron chi connectivity index (χ0n) is 13.3. The van der Waals surface area contributed by atoms with E-state index in [0.717, 1.165) is 53.7 Å². The molecule has 0 spiro atoms. The highest BCUT2D eigenvalue weighted by Crippen LogP contribution is 2.29. The summed E-state index contributed by atoms with van der Waals surface area (Å²) < 4.78 is 5.15. The molecule has 0 unspecified atom stereocenters. The zero-order valence-corrected chi connectivity index (χ0v) is 14.1. The Hall–Kier alpha value is -1.69. The Balaban J connectivity index is 1.68. The second kappa shape index (κ2) is 6.20. The van der Waals surface area contributed by atoms with E-state index in [1.807, 2.05) is 25.7 Å². The molecule has 0 saturated carbocycles. The number of nitrogens with zero attached hydrogens (tertiary/aromatic N) is 3. The Morgan fingerprint density at radius 2 is 2.27 bits per heavy atom. The zero-order chi connectivity index (χ0) is 15.7. The molecule has 0 radical (unpaired) electrons. The van der Waals surface area contributed by atoms with Crippen LogP contribution in [0.15, 0.2) is 9.90 Å². The number of aromatic nitrogens is 2. The highest BCUT2D eigenvalue weighted by Gasteiger charge is 2.27. The quantitative estimate of drug-likeness (QED) is 0.872. The maximum atomic E-state index is 12.6. The molecule has 6 heteroatoms. The van der Waals surface area contributed by atoms with Crippen LogP contribution in [0.5, 0.6) is 0 Å². The molecule has 3 rings (SSSR count). The van der Waals surface area contributed by atoms with E-state index >= 15 is 0 Å². The second-order valence-electron chi connectivity index (χ2n) is 5.99. The third-order valence-electron chi connectivity index (χ3n) is 4.27. The van der Waals surface area contributed by atoms with Gasteiger partial charge >= 0.3 is 0 Å². The maximum Gasteiger partial charge on any atom is 0.227 e. The van der Waals surface area contributed by atoms with Gasteiger partial charge in [0, 0.05) is 35.6 Å². The topological polar surface area (TPSA) is 59.2 Å². The largest absolute Gasteiger partial charge is 0.361 e. The van der Waals surface area contributed by atoms with Crippen molar-refractivity contribution in [3.05, 3.63) is 33.1 Å². The van der Waals surface area contributed by atoms with E-state index in [4.69, 9.17) is 4.52 Å². The van der Waals surface area contributed by atoms with Crippen molar-refractivity contribution in [2.24, 2.45) is 0 Å². The first-order chi connectivity index (χ1) is 10.5. The molecule has 22 heavy (non-hydrogen) atoms. The van der Waals surface area contributed by atoms with Crippen LogP contribution in [0.2, 0.25) is 0 Å². The predicted octanol–water partition coefficient (Wildman–Crippen LogP) is 3.01. The first kappa shape index (κ1) is 15.2. The number of thiazole rings is 1. The second-order valence-corrected chi connectivity index (χ2v) is 6.88. The number of carbonyl (C=O) groups is 1. The van der Waals surface area contributed by atoms with Crippen LogP contribution < -0.4 is 0 Å². The van der Waals surface area contributed by atoms with Crippen molar-refractivity contribution in [1.29, 1.82) is 0 Å². The Kier molecular flexibility index (Phi) is 4.29. The van der Waals surface area contributed by atoms with Crippen LogP contribution >= 0.6 is 11.3 Å². The number of hydrogen-bond acceptors (Lipinski definition) is 5. The van der Waals surface area contributed by atoms with Gasteiger partial charge in [0.15, 0.2) is 0 Å². The van der Waals surface area contributed by atoms with E-state index in [9.17, 15) is 4.79 Å². The van der Waals surface area contributed by atoms with E-state index in [2.05, 4.69) is 15.5 Å². The fraction of sp³-hybridized carbons (Fsp3) is 0.562. The summed E-state index contributed by atoms with van der Waals surface area (Å²) in [5.74, 6) is 1.28. The van der Waals surface area contributed by atoms with Crippen LogP contribution in [-0.2, 0) is 11.2 Å². The summed E-state index contributed by atoms with van der Waals surface area (Å²) in [5, 5.41) is 7.17. The number of rotatable bonds is 3. The highest BCUT2D eigenvalue weighted by atomic mass is 32.1. The van der Waals surface area contributed by atoms with E-state index in [0.29, 0.717) is 12.3 Å². The van der Waals surface area contributed by atoms with Crippen LogP contribution in [0, 0.1) is 20.8 Å². The fourth-order valence-corrected chi connectivity index (χ4v) is 3.91. The average Bonchev–Trinajstić information content (AvgIpc) is 3.08. The van der Waals surface area contributed by atoms with Crippen LogP contribution in [-0.4, -0.2) is 34.0 Å². The lowest BCUT2D eigenvalue weighted by Crippen LogP contribution is -2.40. The summed E-state index contributed by atoms with van der Waals surface area (Å²) in [6.45, 7) is 7.37. The molecule has 2 aromatic rings. The summed E-state index contributed by atoms with van der Waals surface area (Å²) in [6.07, 6.45) is 2.53. The minimum Gasteiger partial charge on any atom is -0.361 e. The Bertz CT molecular complexity index is 657. The molecule has 1 amide bonds. The molecule has 3 heterocycles. The van der Waals surface area contributed by atoms with Crippen molar-refractivity contribution in [2.45, 2.75) is 46.0 Å². The lowest BCUT2D eigenvalue weighted by Gasteiger charge is -2.32. The molecule has 2 aromatic heterocycles. The Morgan fingerprint density at radius 1 is 1.45 bits per heavy atom. The molecule has 1 fully saturated rings. The van der Waals surface area contributed by atoms with Gasteiger partial charge in [-0.25, -0.2) is 4.98 Å². The normalized spacial score (nSPS) is 18.7. The van der Waals surface area contributed by atoms with Gasteiger partial charge in [-0.2, -0.15) is 0 Å². The lowest BCUT2D eigenvalue weighted by molar-refractivity contribution is -0.131.